The summed E-state index contributed by atoms with van der Waals surface area (Å²) < 4.78 is 50.3. The summed E-state index contributed by atoms with van der Waals surface area (Å²) in [5.74, 6) is -0.481. The zero-order valence-electron chi connectivity index (χ0n) is 11.4. The molecule has 1 fully saturated rings. The van der Waals surface area contributed by atoms with E-state index >= 15 is 0 Å². The molecule has 0 amide bonds. The lowest BCUT2D eigenvalue weighted by Crippen LogP contribution is -2.37. The van der Waals surface area contributed by atoms with Gasteiger partial charge >= 0.3 is 6.18 Å². The van der Waals surface area contributed by atoms with E-state index in [1.165, 1.54) is 6.33 Å². The van der Waals surface area contributed by atoms with E-state index in [0.29, 0.717) is 29.4 Å². The van der Waals surface area contributed by atoms with E-state index in [1.54, 1.807) is 6.92 Å². The molecular formula is C13H16ClF4N3. The van der Waals surface area contributed by atoms with Crippen LogP contribution in [-0.4, -0.2) is 28.4 Å². The highest BCUT2D eigenvalue weighted by Crippen LogP contribution is 2.37. The number of aromatic nitrogens is 2. The molecule has 0 spiro atoms. The maximum Gasteiger partial charge on any atom is 0.419 e. The van der Waals surface area contributed by atoms with Crippen LogP contribution in [0.1, 0.15) is 31.4 Å². The molecule has 1 aliphatic rings. The monoisotopic (exact) mass is 325 g/mol. The lowest BCUT2D eigenvalue weighted by atomic mass is 9.83. The molecule has 0 saturated heterocycles. The van der Waals surface area contributed by atoms with Gasteiger partial charge in [0.15, 0.2) is 6.17 Å². The highest BCUT2D eigenvalue weighted by atomic mass is 35.5. The van der Waals surface area contributed by atoms with Crippen LogP contribution < -0.4 is 5.32 Å². The number of rotatable bonds is 3. The minimum absolute atomic E-state index is 0.0477. The lowest BCUT2D eigenvalue weighted by molar-refractivity contribution is -0.197. The lowest BCUT2D eigenvalue weighted by Gasteiger charge is -2.32. The number of anilines is 1. The molecule has 118 valence electrons. The van der Waals surface area contributed by atoms with Crippen LogP contribution >= 0.6 is 11.6 Å². The number of hydrogen-bond donors (Lipinski definition) is 1. The third-order valence-electron chi connectivity index (χ3n) is 3.80. The van der Waals surface area contributed by atoms with Crippen LogP contribution in [0.5, 0.6) is 0 Å². The van der Waals surface area contributed by atoms with E-state index in [0.717, 1.165) is 0 Å². The average molecular weight is 326 g/mol. The Balaban J connectivity index is 1.91. The zero-order valence-corrected chi connectivity index (χ0v) is 12.2. The molecule has 0 bridgehead atoms. The van der Waals surface area contributed by atoms with Gasteiger partial charge in [-0.05, 0) is 38.5 Å². The first-order chi connectivity index (χ1) is 9.79. The Morgan fingerprint density at radius 2 is 1.86 bits per heavy atom. The number of nitrogens with zero attached hydrogens (tertiary/aromatic N) is 2. The van der Waals surface area contributed by atoms with E-state index < -0.39 is 18.3 Å². The second kappa shape index (κ2) is 6.34. The summed E-state index contributed by atoms with van der Waals surface area (Å²) in [5.41, 5.74) is 0.628. The van der Waals surface area contributed by atoms with Gasteiger partial charge in [-0.2, -0.15) is 13.2 Å². The van der Waals surface area contributed by atoms with Crippen molar-refractivity contribution in [1.82, 2.24) is 9.97 Å². The molecule has 1 unspecified atom stereocenters. The minimum Gasteiger partial charge on any atom is -0.366 e. The van der Waals surface area contributed by atoms with E-state index in [-0.39, 0.29) is 18.9 Å². The largest absolute Gasteiger partial charge is 0.419 e. The number of alkyl halides is 4. The van der Waals surface area contributed by atoms with Crippen molar-refractivity contribution in [3.63, 3.8) is 0 Å². The Morgan fingerprint density at radius 3 is 2.43 bits per heavy atom. The van der Waals surface area contributed by atoms with E-state index in [2.05, 4.69) is 15.3 Å². The second-order valence-electron chi connectivity index (χ2n) is 5.32. The topological polar surface area (TPSA) is 37.8 Å². The molecule has 1 saturated carbocycles. The number of aryl methyl sites for hydroxylation is 1. The third-order valence-corrected chi connectivity index (χ3v) is 4.26. The summed E-state index contributed by atoms with van der Waals surface area (Å²) in [5, 5.41) is 3.50. The van der Waals surface area contributed by atoms with Crippen molar-refractivity contribution in [2.24, 2.45) is 5.92 Å². The van der Waals surface area contributed by atoms with Gasteiger partial charge < -0.3 is 5.32 Å². The van der Waals surface area contributed by atoms with Crippen molar-refractivity contribution in [1.29, 1.82) is 0 Å². The molecule has 0 radical (unpaired) electrons. The van der Waals surface area contributed by atoms with Gasteiger partial charge in [-0.25, -0.2) is 14.4 Å². The van der Waals surface area contributed by atoms with Gasteiger partial charge in [0.1, 0.15) is 17.2 Å². The molecule has 2 rings (SSSR count). The van der Waals surface area contributed by atoms with Gasteiger partial charge in [0.2, 0.25) is 0 Å². The highest BCUT2D eigenvalue weighted by molar-refractivity contribution is 6.33. The van der Waals surface area contributed by atoms with E-state index in [1.807, 2.05) is 0 Å². The zero-order chi connectivity index (χ0) is 15.6. The maximum atomic E-state index is 13.3. The molecule has 3 nitrogen and oxygen atoms in total. The fourth-order valence-corrected chi connectivity index (χ4v) is 2.73. The van der Waals surface area contributed by atoms with E-state index in [9.17, 15) is 17.6 Å². The number of hydrogen-bond acceptors (Lipinski definition) is 3. The first kappa shape index (κ1) is 16.3. The SMILES string of the molecule is Cc1ncnc(NC2CCC(C(F)C(F)(F)F)CC2)c1Cl. The molecule has 1 aromatic heterocycles. The van der Waals surface area contributed by atoms with Crippen molar-refractivity contribution >= 4 is 17.4 Å². The fourth-order valence-electron chi connectivity index (χ4n) is 2.58. The summed E-state index contributed by atoms with van der Waals surface area (Å²) in [4.78, 5) is 7.96. The van der Waals surface area contributed by atoms with Crippen LogP contribution in [-0.2, 0) is 0 Å². The Labute approximate surface area is 125 Å². The van der Waals surface area contributed by atoms with Crippen molar-refractivity contribution < 1.29 is 17.6 Å². The molecule has 1 heterocycles. The van der Waals surface area contributed by atoms with Gasteiger partial charge in [0.05, 0.1) is 5.69 Å². The van der Waals surface area contributed by atoms with Crippen LogP contribution in [0.25, 0.3) is 0 Å². The molecule has 1 N–H and O–H groups in total. The summed E-state index contributed by atoms with van der Waals surface area (Å²) in [6.07, 6.45) is -4.82. The third kappa shape index (κ3) is 3.96. The van der Waals surface area contributed by atoms with Crippen molar-refractivity contribution in [2.45, 2.75) is 51.0 Å². The number of halogens is 5. The Hall–Kier alpha value is -1.11. The first-order valence-electron chi connectivity index (χ1n) is 6.73. The molecule has 0 aliphatic heterocycles. The van der Waals surface area contributed by atoms with E-state index in [4.69, 9.17) is 11.6 Å². The molecule has 8 heteroatoms. The summed E-state index contributed by atoms with van der Waals surface area (Å²) in [6, 6.07) is -0.0477. The fraction of sp³-hybridized carbons (Fsp3) is 0.692. The van der Waals surface area contributed by atoms with Crippen LogP contribution in [0.4, 0.5) is 23.4 Å². The predicted molar refractivity (Wildman–Crippen MR) is 72.1 cm³/mol. The van der Waals surface area contributed by atoms with Crippen molar-refractivity contribution in [3.05, 3.63) is 17.0 Å². The van der Waals surface area contributed by atoms with Crippen LogP contribution in [0.2, 0.25) is 5.02 Å². The number of nitrogens with one attached hydrogen (secondary N) is 1. The Morgan fingerprint density at radius 1 is 1.24 bits per heavy atom. The van der Waals surface area contributed by atoms with Gasteiger partial charge in [-0.1, -0.05) is 11.6 Å². The molecule has 1 aliphatic carbocycles. The Kier molecular flexibility index (Phi) is 4.91. The predicted octanol–water partition coefficient (Wildman–Crippen LogP) is 4.31. The van der Waals surface area contributed by atoms with Crippen LogP contribution in [0.3, 0.4) is 0 Å². The molecule has 0 aromatic carbocycles. The first-order valence-corrected chi connectivity index (χ1v) is 7.11. The molecule has 1 atom stereocenters. The molecule has 1 aromatic rings. The van der Waals surface area contributed by atoms with Crippen molar-refractivity contribution in [3.8, 4) is 0 Å². The normalized spacial score (nSPS) is 24.7. The average Bonchev–Trinajstić information content (AvgIpc) is 2.43. The van der Waals surface area contributed by atoms with Crippen LogP contribution in [0, 0.1) is 12.8 Å². The molecule has 21 heavy (non-hydrogen) atoms. The summed E-state index contributed by atoms with van der Waals surface area (Å²) in [7, 11) is 0. The summed E-state index contributed by atoms with van der Waals surface area (Å²) >= 11 is 6.06. The van der Waals surface area contributed by atoms with Gasteiger partial charge in [-0.3, -0.25) is 0 Å². The van der Waals surface area contributed by atoms with Gasteiger partial charge in [0.25, 0.3) is 0 Å². The Bertz CT molecular complexity index is 487. The van der Waals surface area contributed by atoms with Gasteiger partial charge in [0, 0.05) is 6.04 Å². The second-order valence-corrected chi connectivity index (χ2v) is 5.70. The quantitative estimate of drug-likeness (QED) is 0.841. The van der Waals surface area contributed by atoms with Crippen molar-refractivity contribution in [2.75, 3.05) is 5.32 Å². The molecular weight excluding hydrogens is 310 g/mol. The minimum atomic E-state index is -4.77. The van der Waals surface area contributed by atoms with Gasteiger partial charge in [-0.15, -0.1) is 0 Å². The maximum absolute atomic E-state index is 13.3. The smallest absolute Gasteiger partial charge is 0.366 e. The van der Waals surface area contributed by atoms with Crippen LogP contribution in [0.15, 0.2) is 6.33 Å². The standard InChI is InChI=1S/C13H16ClF4N3/c1-7-10(14)12(20-6-19-7)21-9-4-2-8(3-5-9)11(15)13(16,17)18/h6,8-9,11H,2-5H2,1H3,(H,19,20,21). The highest BCUT2D eigenvalue weighted by Gasteiger charge is 2.46. The summed E-state index contributed by atoms with van der Waals surface area (Å²) in [6.45, 7) is 1.74.